The number of fused-ring (bicyclic) bond motifs is 2. The fourth-order valence-electron chi connectivity index (χ4n) is 4.00. The smallest absolute Gasteiger partial charge is 0.246 e. The molecule has 5 rings (SSSR count). The van der Waals surface area contributed by atoms with Crippen molar-refractivity contribution in [3.63, 3.8) is 0 Å². The van der Waals surface area contributed by atoms with Gasteiger partial charge in [0.1, 0.15) is 11.6 Å². The van der Waals surface area contributed by atoms with Gasteiger partial charge in [-0.15, -0.1) is 11.8 Å². The van der Waals surface area contributed by atoms with Gasteiger partial charge in [-0.1, -0.05) is 39.7 Å². The van der Waals surface area contributed by atoms with E-state index in [0.717, 1.165) is 52.9 Å². The van der Waals surface area contributed by atoms with Crippen LogP contribution < -0.4 is 0 Å². The molecule has 1 heterocycles. The van der Waals surface area contributed by atoms with Crippen LogP contribution in [-0.2, 0) is 6.18 Å². The Bertz CT molecular complexity index is 1610. The number of hydrogen-bond donors (Lipinski definition) is 0. The molecular formula is C27H14BrClF5NS. The average Bonchev–Trinajstić information content (AvgIpc) is 2.83. The Morgan fingerprint density at radius 2 is 1.56 bits per heavy atom. The Morgan fingerprint density at radius 1 is 0.806 bits per heavy atom. The Morgan fingerprint density at radius 3 is 2.28 bits per heavy atom. The zero-order valence-electron chi connectivity index (χ0n) is 18.1. The van der Waals surface area contributed by atoms with Crippen LogP contribution in [0.2, 0.25) is 5.02 Å². The maximum Gasteiger partial charge on any atom is 0.416 e. The number of hydrogen-bond acceptors (Lipinski definition) is 2. The van der Waals surface area contributed by atoms with Crippen LogP contribution in [-0.4, -0.2) is 4.98 Å². The topological polar surface area (TPSA) is 12.9 Å². The number of thioether (sulfide) groups is 1. The van der Waals surface area contributed by atoms with Crippen LogP contribution in [0.1, 0.15) is 21.9 Å². The van der Waals surface area contributed by atoms with Crippen LogP contribution in [0.15, 0.2) is 88.2 Å². The molecule has 1 nitrogen and oxygen atoms in total. The van der Waals surface area contributed by atoms with E-state index >= 15 is 4.39 Å². The monoisotopic (exact) mass is 593 g/mol. The SMILES string of the molecule is Fc1ccc(F)c(C(Sc2ccc(C(F)(F)F)cc2)c2cc(Br)cc3cc4cccc(Cl)c4nc23)c1. The summed E-state index contributed by atoms with van der Waals surface area (Å²) in [5.74, 6) is -1.28. The van der Waals surface area contributed by atoms with Gasteiger partial charge in [-0.25, -0.2) is 13.8 Å². The summed E-state index contributed by atoms with van der Waals surface area (Å²) in [7, 11) is 0. The molecule has 0 saturated carbocycles. The molecule has 0 saturated heterocycles. The summed E-state index contributed by atoms with van der Waals surface area (Å²) >= 11 is 11.0. The van der Waals surface area contributed by atoms with E-state index in [1.54, 1.807) is 12.1 Å². The van der Waals surface area contributed by atoms with Crippen molar-refractivity contribution >= 4 is 61.1 Å². The van der Waals surface area contributed by atoms with Crippen molar-refractivity contribution < 1.29 is 22.0 Å². The first-order valence-electron chi connectivity index (χ1n) is 10.6. The number of aromatic nitrogens is 1. The third-order valence-corrected chi connectivity index (χ3v) is 7.70. The van der Waals surface area contributed by atoms with Crippen molar-refractivity contribution in [3.05, 3.63) is 117 Å². The van der Waals surface area contributed by atoms with Gasteiger partial charge in [0.2, 0.25) is 0 Å². The first kappa shape index (κ1) is 25.0. The highest BCUT2D eigenvalue weighted by atomic mass is 79.9. The highest BCUT2D eigenvalue weighted by Crippen LogP contribution is 2.45. The normalized spacial score (nSPS) is 12.9. The molecule has 182 valence electrons. The van der Waals surface area contributed by atoms with E-state index in [0.29, 0.717) is 31.0 Å². The van der Waals surface area contributed by atoms with Crippen molar-refractivity contribution in [1.82, 2.24) is 4.98 Å². The fraction of sp³-hybridized carbons (Fsp3) is 0.0741. The number of benzene rings is 4. The van der Waals surface area contributed by atoms with E-state index in [1.165, 1.54) is 12.1 Å². The minimum atomic E-state index is -4.48. The van der Waals surface area contributed by atoms with Crippen molar-refractivity contribution in [2.75, 3.05) is 0 Å². The van der Waals surface area contributed by atoms with E-state index in [-0.39, 0.29) is 5.56 Å². The lowest BCUT2D eigenvalue weighted by Crippen LogP contribution is -2.05. The molecule has 4 aromatic carbocycles. The van der Waals surface area contributed by atoms with Crippen LogP contribution >= 0.6 is 39.3 Å². The Hall–Kier alpha value is -2.68. The summed E-state index contributed by atoms with van der Waals surface area (Å²) < 4.78 is 69.2. The van der Waals surface area contributed by atoms with E-state index in [1.807, 2.05) is 24.3 Å². The highest BCUT2D eigenvalue weighted by molar-refractivity contribution is 9.10. The molecule has 0 N–H and O–H groups in total. The third kappa shape index (κ3) is 4.94. The molecule has 0 radical (unpaired) electrons. The van der Waals surface area contributed by atoms with Crippen molar-refractivity contribution in [3.8, 4) is 0 Å². The maximum atomic E-state index is 15.1. The molecule has 1 aromatic heterocycles. The number of halogens is 7. The summed E-state index contributed by atoms with van der Waals surface area (Å²) in [5.41, 5.74) is 0.868. The van der Waals surface area contributed by atoms with Crippen molar-refractivity contribution in [2.24, 2.45) is 0 Å². The number of alkyl halides is 3. The van der Waals surface area contributed by atoms with E-state index in [2.05, 4.69) is 15.9 Å². The maximum absolute atomic E-state index is 15.1. The zero-order valence-corrected chi connectivity index (χ0v) is 21.2. The van der Waals surface area contributed by atoms with Gasteiger partial charge in [0.25, 0.3) is 0 Å². The minimum Gasteiger partial charge on any atom is -0.246 e. The minimum absolute atomic E-state index is 0.0420. The molecule has 0 aliphatic carbocycles. The van der Waals surface area contributed by atoms with Crippen LogP contribution in [0.25, 0.3) is 21.8 Å². The number of nitrogens with zero attached hydrogens (tertiary/aromatic N) is 1. The molecule has 5 aromatic rings. The van der Waals surface area contributed by atoms with Crippen LogP contribution in [0, 0.1) is 11.6 Å². The van der Waals surface area contributed by atoms with Crippen molar-refractivity contribution in [2.45, 2.75) is 16.3 Å². The van der Waals surface area contributed by atoms with Gasteiger partial charge in [-0.3, -0.25) is 0 Å². The second-order valence-electron chi connectivity index (χ2n) is 8.05. The van der Waals surface area contributed by atoms with Gasteiger partial charge in [-0.2, -0.15) is 13.2 Å². The van der Waals surface area contributed by atoms with Gasteiger partial charge in [0, 0.05) is 25.7 Å². The quantitative estimate of drug-likeness (QED) is 0.117. The highest BCUT2D eigenvalue weighted by Gasteiger charge is 2.30. The second-order valence-corrected chi connectivity index (χ2v) is 10.6. The molecule has 0 spiro atoms. The Labute approximate surface area is 220 Å². The molecule has 9 heteroatoms. The summed E-state index contributed by atoms with van der Waals surface area (Å²) in [6.45, 7) is 0. The first-order chi connectivity index (χ1) is 17.1. The van der Waals surface area contributed by atoms with Gasteiger partial charge >= 0.3 is 6.18 Å². The molecule has 0 aliphatic rings. The second kappa shape index (κ2) is 9.65. The molecule has 0 bridgehead atoms. The summed E-state index contributed by atoms with van der Waals surface area (Å²) in [4.78, 5) is 5.22. The average molecular weight is 595 g/mol. The number of pyridine rings is 1. The number of para-hydroxylation sites is 1. The standard InChI is InChI=1S/C27H14BrClF5NS/c28-17-11-15-10-14-2-1-3-22(29)25(14)35-24(15)21(12-17)26(20-13-18(30)6-9-23(20)31)36-19-7-4-16(5-8-19)27(32,33)34/h1-13,26H. The zero-order chi connectivity index (χ0) is 25.6. The molecule has 0 amide bonds. The lowest BCUT2D eigenvalue weighted by molar-refractivity contribution is -0.137. The largest absolute Gasteiger partial charge is 0.416 e. The molecule has 1 unspecified atom stereocenters. The van der Waals surface area contributed by atoms with Gasteiger partial charge in [0.05, 0.1) is 26.9 Å². The molecule has 1 atom stereocenters. The van der Waals surface area contributed by atoms with Gasteiger partial charge < -0.3 is 0 Å². The van der Waals surface area contributed by atoms with E-state index in [9.17, 15) is 17.6 Å². The predicted octanol–water partition coefficient (Wildman–Crippen LogP) is 9.98. The Kier molecular flexibility index (Phi) is 6.70. The third-order valence-electron chi connectivity index (χ3n) is 5.64. The van der Waals surface area contributed by atoms with Gasteiger partial charge in [-0.05, 0) is 72.3 Å². The molecular weight excluding hydrogens is 581 g/mol. The molecule has 0 fully saturated rings. The van der Waals surface area contributed by atoms with Crippen LogP contribution in [0.3, 0.4) is 0 Å². The Balaban J connectivity index is 1.73. The summed E-state index contributed by atoms with van der Waals surface area (Å²) in [6, 6.07) is 18.6. The van der Waals surface area contributed by atoms with E-state index < -0.39 is 28.6 Å². The predicted molar refractivity (Wildman–Crippen MR) is 137 cm³/mol. The van der Waals surface area contributed by atoms with Gasteiger partial charge in [0.15, 0.2) is 0 Å². The number of rotatable bonds is 4. The van der Waals surface area contributed by atoms with E-state index in [4.69, 9.17) is 16.6 Å². The first-order valence-corrected chi connectivity index (χ1v) is 12.6. The van der Waals surface area contributed by atoms with Crippen LogP contribution in [0.4, 0.5) is 22.0 Å². The van der Waals surface area contributed by atoms with Crippen LogP contribution in [0.5, 0.6) is 0 Å². The molecule has 36 heavy (non-hydrogen) atoms. The summed E-state index contributed by atoms with van der Waals surface area (Å²) in [5, 5.41) is 1.16. The lowest BCUT2D eigenvalue weighted by atomic mass is 9.99. The summed E-state index contributed by atoms with van der Waals surface area (Å²) in [6.07, 6.45) is -4.48. The lowest BCUT2D eigenvalue weighted by Gasteiger charge is -2.21. The fourth-order valence-corrected chi connectivity index (χ4v) is 5.89. The van der Waals surface area contributed by atoms with Crippen molar-refractivity contribution in [1.29, 1.82) is 0 Å². The molecule has 0 aliphatic heterocycles.